The molecule has 0 saturated carbocycles. The molecule has 212 valence electrons. The Morgan fingerprint density at radius 2 is 0.902 bits per heavy atom. The molecule has 0 aliphatic heterocycles. The van der Waals surface area contributed by atoms with Crippen LogP contribution in [0.5, 0.6) is 0 Å². The molecule has 0 aliphatic carbocycles. The van der Waals surface area contributed by atoms with E-state index in [4.69, 9.17) is 0 Å². The molecule has 4 rings (SSSR count). The smallest absolute Gasteiger partial charge is 0.234 e. The average Bonchev–Trinajstić information content (AvgIpc) is 3.04. The maximum atomic E-state index is 15.4. The second-order valence-corrected chi connectivity index (χ2v) is 13.8. The largest absolute Gasteiger partial charge is 0.315 e. The highest BCUT2D eigenvalue weighted by atomic mass is 31.2. The number of benzene rings is 4. The summed E-state index contributed by atoms with van der Waals surface area (Å²) in [4.78, 5) is 32.6. The topological polar surface area (TPSA) is 57.7 Å². The summed E-state index contributed by atoms with van der Waals surface area (Å²) >= 11 is 0. The number of para-hydroxylation sites is 2. The standard InChI is InChI=1S/C35H39N2O3P/c1-6-34(2,32(38)36(4)28-19-11-7-12-20-28)35(3,33(39)37(5)29-21-13-8-14-22-29)27-41(40,30-23-15-9-16-24-30)31-25-17-10-18-26-31/h7-26H,6,27H2,1-5H3. The van der Waals surface area contributed by atoms with Crippen molar-refractivity contribution in [1.82, 2.24) is 0 Å². The van der Waals surface area contributed by atoms with Gasteiger partial charge >= 0.3 is 0 Å². The molecule has 2 amide bonds. The fourth-order valence-electron chi connectivity index (χ4n) is 5.65. The van der Waals surface area contributed by atoms with Gasteiger partial charge in [-0.15, -0.1) is 0 Å². The van der Waals surface area contributed by atoms with E-state index < -0.39 is 18.0 Å². The van der Waals surface area contributed by atoms with Crippen molar-refractivity contribution in [1.29, 1.82) is 0 Å². The number of carbonyl (C=O) groups excluding carboxylic acids is 2. The summed E-state index contributed by atoms with van der Waals surface area (Å²) in [5.41, 5.74) is -1.11. The van der Waals surface area contributed by atoms with E-state index in [1.807, 2.05) is 142 Å². The zero-order chi connectivity index (χ0) is 29.7. The van der Waals surface area contributed by atoms with Crippen molar-refractivity contribution < 1.29 is 14.2 Å². The molecule has 0 bridgehead atoms. The second kappa shape index (κ2) is 12.3. The van der Waals surface area contributed by atoms with Crippen LogP contribution in [0.3, 0.4) is 0 Å². The van der Waals surface area contributed by atoms with Crippen LogP contribution in [0.25, 0.3) is 0 Å². The Morgan fingerprint density at radius 1 is 0.585 bits per heavy atom. The first-order valence-corrected chi connectivity index (χ1v) is 15.8. The van der Waals surface area contributed by atoms with Crippen molar-refractivity contribution in [2.75, 3.05) is 30.1 Å². The van der Waals surface area contributed by atoms with Crippen LogP contribution in [0, 0.1) is 10.8 Å². The molecule has 0 aromatic heterocycles. The van der Waals surface area contributed by atoms with Gasteiger partial charge in [-0.3, -0.25) is 9.59 Å². The maximum Gasteiger partial charge on any atom is 0.234 e. The van der Waals surface area contributed by atoms with Crippen molar-refractivity contribution >= 4 is 40.9 Å². The number of amides is 2. The Balaban J connectivity index is 1.93. The number of anilines is 2. The van der Waals surface area contributed by atoms with Gasteiger partial charge in [0.15, 0.2) is 0 Å². The fourth-order valence-corrected chi connectivity index (χ4v) is 8.99. The maximum absolute atomic E-state index is 15.4. The number of hydrogen-bond acceptors (Lipinski definition) is 3. The van der Waals surface area contributed by atoms with Gasteiger partial charge in [-0.25, -0.2) is 0 Å². The Labute approximate surface area is 244 Å². The Kier molecular flexibility index (Phi) is 8.99. The van der Waals surface area contributed by atoms with Crippen molar-refractivity contribution in [2.24, 2.45) is 10.8 Å². The van der Waals surface area contributed by atoms with E-state index in [0.29, 0.717) is 22.7 Å². The summed E-state index contributed by atoms with van der Waals surface area (Å²) in [6.07, 6.45) is 0.361. The number of hydrogen-bond donors (Lipinski definition) is 0. The van der Waals surface area contributed by atoms with Gasteiger partial charge in [0.25, 0.3) is 0 Å². The normalized spacial score (nSPS) is 14.4. The SMILES string of the molecule is CCC(C)(C(=O)N(C)c1ccccc1)C(C)(CP(=O)(c1ccccc1)c1ccccc1)C(=O)N(C)c1ccccc1. The van der Waals surface area contributed by atoms with Gasteiger partial charge in [-0.2, -0.15) is 0 Å². The Hall–Kier alpha value is -3.95. The second-order valence-electron chi connectivity index (χ2n) is 11.0. The summed E-state index contributed by atoms with van der Waals surface area (Å²) in [5.74, 6) is -0.453. The van der Waals surface area contributed by atoms with Gasteiger partial charge in [0, 0.05) is 42.2 Å². The van der Waals surface area contributed by atoms with Crippen molar-refractivity contribution in [3.8, 4) is 0 Å². The van der Waals surface area contributed by atoms with E-state index >= 15 is 4.57 Å². The van der Waals surface area contributed by atoms with E-state index in [2.05, 4.69) is 0 Å². The number of nitrogens with zero attached hydrogens (tertiary/aromatic N) is 2. The molecule has 0 aliphatic rings. The molecule has 0 spiro atoms. The van der Waals surface area contributed by atoms with Gasteiger partial charge < -0.3 is 14.4 Å². The third kappa shape index (κ3) is 5.64. The van der Waals surface area contributed by atoms with Crippen LogP contribution in [-0.2, 0) is 14.2 Å². The summed E-state index contributed by atoms with van der Waals surface area (Å²) in [6.45, 7) is 5.61. The van der Waals surface area contributed by atoms with Crippen LogP contribution in [0.15, 0.2) is 121 Å². The molecule has 0 fully saturated rings. The van der Waals surface area contributed by atoms with Gasteiger partial charge in [-0.05, 0) is 44.5 Å². The summed E-state index contributed by atoms with van der Waals surface area (Å²) < 4.78 is 15.4. The third-order valence-corrected chi connectivity index (χ3v) is 12.0. The van der Waals surface area contributed by atoms with Crippen LogP contribution in [-0.4, -0.2) is 32.1 Å². The zero-order valence-electron chi connectivity index (χ0n) is 24.5. The minimum atomic E-state index is -3.40. The molecular formula is C35H39N2O3P. The molecule has 4 aromatic rings. The monoisotopic (exact) mass is 566 g/mol. The van der Waals surface area contributed by atoms with Crippen LogP contribution in [0.1, 0.15) is 27.2 Å². The van der Waals surface area contributed by atoms with Gasteiger partial charge in [-0.1, -0.05) is 104 Å². The van der Waals surface area contributed by atoms with Gasteiger partial charge in [0.05, 0.1) is 10.8 Å². The van der Waals surface area contributed by atoms with E-state index in [9.17, 15) is 9.59 Å². The van der Waals surface area contributed by atoms with Crippen LogP contribution < -0.4 is 20.4 Å². The summed E-state index contributed by atoms with van der Waals surface area (Å²) in [6, 6.07) is 37.5. The molecule has 41 heavy (non-hydrogen) atoms. The lowest BCUT2D eigenvalue weighted by Crippen LogP contribution is -2.59. The van der Waals surface area contributed by atoms with Crippen LogP contribution in [0.2, 0.25) is 0 Å². The summed E-state index contributed by atoms with van der Waals surface area (Å²) in [7, 11) is 0.0704. The molecule has 4 aromatic carbocycles. The lowest BCUT2D eigenvalue weighted by molar-refractivity contribution is -0.144. The molecule has 0 radical (unpaired) electrons. The summed E-state index contributed by atoms with van der Waals surface area (Å²) in [5, 5.41) is 1.32. The lowest BCUT2D eigenvalue weighted by Gasteiger charge is -2.48. The van der Waals surface area contributed by atoms with Gasteiger partial charge in [0.1, 0.15) is 7.14 Å². The predicted molar refractivity (Wildman–Crippen MR) is 171 cm³/mol. The molecule has 2 atom stereocenters. The molecule has 6 heteroatoms. The Morgan fingerprint density at radius 3 is 1.24 bits per heavy atom. The number of rotatable bonds is 10. The minimum absolute atomic E-state index is 0.0112. The quantitative estimate of drug-likeness (QED) is 0.200. The van der Waals surface area contributed by atoms with Crippen molar-refractivity contribution in [2.45, 2.75) is 27.2 Å². The van der Waals surface area contributed by atoms with E-state index in [-0.39, 0.29) is 18.0 Å². The molecular weight excluding hydrogens is 527 g/mol. The van der Waals surface area contributed by atoms with Crippen LogP contribution in [0.4, 0.5) is 11.4 Å². The Bertz CT molecular complexity index is 1470. The average molecular weight is 567 g/mol. The molecule has 5 nitrogen and oxygen atoms in total. The van der Waals surface area contributed by atoms with E-state index in [0.717, 1.165) is 5.69 Å². The van der Waals surface area contributed by atoms with E-state index in [1.165, 1.54) is 0 Å². The first-order chi connectivity index (χ1) is 19.6. The van der Waals surface area contributed by atoms with Crippen molar-refractivity contribution in [3.05, 3.63) is 121 Å². The highest BCUT2D eigenvalue weighted by Crippen LogP contribution is 2.56. The van der Waals surface area contributed by atoms with Gasteiger partial charge in [0.2, 0.25) is 11.8 Å². The van der Waals surface area contributed by atoms with Crippen LogP contribution >= 0.6 is 7.14 Å². The fraction of sp³-hybridized carbons (Fsp3) is 0.257. The van der Waals surface area contributed by atoms with Crippen molar-refractivity contribution in [3.63, 3.8) is 0 Å². The first kappa shape index (κ1) is 30.0. The highest BCUT2D eigenvalue weighted by Gasteiger charge is 2.58. The third-order valence-electron chi connectivity index (χ3n) is 8.65. The predicted octanol–water partition coefficient (Wildman–Crippen LogP) is 6.75. The molecule has 0 heterocycles. The lowest BCUT2D eigenvalue weighted by atomic mass is 9.63. The molecule has 0 saturated heterocycles. The van der Waals surface area contributed by atoms with E-state index in [1.54, 1.807) is 23.9 Å². The first-order valence-electron chi connectivity index (χ1n) is 14.0. The zero-order valence-corrected chi connectivity index (χ0v) is 25.4. The molecule has 2 unspecified atom stereocenters. The minimum Gasteiger partial charge on any atom is -0.315 e. The highest BCUT2D eigenvalue weighted by molar-refractivity contribution is 7.78. The molecule has 0 N–H and O–H groups in total. The number of carbonyl (C=O) groups is 2.